The summed E-state index contributed by atoms with van der Waals surface area (Å²) in [7, 11) is 0. The van der Waals surface area contributed by atoms with Crippen molar-refractivity contribution in [3.8, 4) is 0 Å². The Labute approximate surface area is 92.1 Å². The van der Waals surface area contributed by atoms with Crippen molar-refractivity contribution in [2.24, 2.45) is 5.73 Å². The van der Waals surface area contributed by atoms with Gasteiger partial charge >= 0.3 is 0 Å². The first-order valence-corrected chi connectivity index (χ1v) is 5.43. The monoisotopic (exact) mass is 207 g/mol. The molecule has 0 radical (unpaired) electrons. The van der Waals surface area contributed by atoms with Crippen molar-refractivity contribution < 1.29 is 5.11 Å². The first-order valence-electron chi connectivity index (χ1n) is 5.43. The van der Waals surface area contributed by atoms with Crippen molar-refractivity contribution in [2.45, 2.75) is 44.8 Å². The normalized spacial score (nSPS) is 16.1. The molecule has 0 heterocycles. The third-order valence-electron chi connectivity index (χ3n) is 2.80. The van der Waals surface area contributed by atoms with Gasteiger partial charge < -0.3 is 10.8 Å². The third kappa shape index (κ3) is 3.65. The first-order chi connectivity index (χ1) is 6.91. The van der Waals surface area contributed by atoms with E-state index >= 15 is 0 Å². The number of aliphatic hydroxyl groups is 1. The summed E-state index contributed by atoms with van der Waals surface area (Å²) < 4.78 is 0. The number of hydrogen-bond acceptors (Lipinski definition) is 2. The van der Waals surface area contributed by atoms with Crippen LogP contribution in [0.15, 0.2) is 30.3 Å². The van der Waals surface area contributed by atoms with Crippen molar-refractivity contribution in [1.29, 1.82) is 0 Å². The molecule has 84 valence electrons. The van der Waals surface area contributed by atoms with Crippen LogP contribution < -0.4 is 5.73 Å². The predicted octanol–water partition coefficient (Wildman–Crippen LogP) is 2.28. The van der Waals surface area contributed by atoms with Crippen LogP contribution in [0.25, 0.3) is 0 Å². The Morgan fingerprint density at radius 2 is 1.80 bits per heavy atom. The second-order valence-electron chi connectivity index (χ2n) is 4.88. The summed E-state index contributed by atoms with van der Waals surface area (Å²) in [5, 5.41) is 9.89. The number of nitrogens with two attached hydrogens (primary N) is 1. The molecular weight excluding hydrogens is 186 g/mol. The summed E-state index contributed by atoms with van der Waals surface area (Å²) in [6.07, 6.45) is 0.237. The van der Waals surface area contributed by atoms with Gasteiger partial charge in [-0.3, -0.25) is 0 Å². The second kappa shape index (κ2) is 4.77. The fourth-order valence-electron chi connectivity index (χ4n) is 1.56. The van der Waals surface area contributed by atoms with E-state index in [9.17, 15) is 5.11 Å². The van der Waals surface area contributed by atoms with E-state index in [1.54, 1.807) is 0 Å². The summed E-state index contributed by atoms with van der Waals surface area (Å²) in [5.41, 5.74) is 6.58. The predicted molar refractivity (Wildman–Crippen MR) is 63.7 cm³/mol. The Morgan fingerprint density at radius 3 is 2.27 bits per heavy atom. The van der Waals surface area contributed by atoms with Gasteiger partial charge in [0.1, 0.15) is 0 Å². The maximum absolute atomic E-state index is 9.89. The molecule has 0 spiro atoms. The third-order valence-corrected chi connectivity index (χ3v) is 2.80. The molecule has 2 nitrogen and oxygen atoms in total. The molecule has 0 saturated heterocycles. The molecule has 0 amide bonds. The standard InChI is InChI=1S/C13H21NO/c1-10(9-12(15)13(2,3)14)11-7-5-4-6-8-11/h4-8,10,12,15H,9,14H2,1-3H3. The van der Waals surface area contributed by atoms with Crippen molar-refractivity contribution in [2.75, 3.05) is 0 Å². The average Bonchev–Trinajstić information content (AvgIpc) is 2.17. The topological polar surface area (TPSA) is 46.2 Å². The van der Waals surface area contributed by atoms with Crippen molar-refractivity contribution in [1.82, 2.24) is 0 Å². The largest absolute Gasteiger partial charge is 0.391 e. The second-order valence-corrected chi connectivity index (χ2v) is 4.88. The fraction of sp³-hybridized carbons (Fsp3) is 0.538. The van der Waals surface area contributed by atoms with Crippen LogP contribution in [0, 0.1) is 0 Å². The van der Waals surface area contributed by atoms with Crippen LogP contribution in [-0.4, -0.2) is 16.7 Å². The van der Waals surface area contributed by atoms with Crippen molar-refractivity contribution in [3.63, 3.8) is 0 Å². The molecule has 0 aliphatic carbocycles. The molecule has 0 aromatic heterocycles. The lowest BCUT2D eigenvalue weighted by atomic mass is 9.87. The minimum atomic E-state index is -0.525. The summed E-state index contributed by atoms with van der Waals surface area (Å²) in [4.78, 5) is 0. The maximum Gasteiger partial charge on any atom is 0.0719 e. The van der Waals surface area contributed by atoms with Gasteiger partial charge in [-0.25, -0.2) is 0 Å². The van der Waals surface area contributed by atoms with E-state index in [0.29, 0.717) is 12.3 Å². The van der Waals surface area contributed by atoms with E-state index in [1.165, 1.54) is 5.56 Å². The lowest BCUT2D eigenvalue weighted by molar-refractivity contribution is 0.0895. The lowest BCUT2D eigenvalue weighted by Gasteiger charge is -2.28. The molecule has 0 fully saturated rings. The average molecular weight is 207 g/mol. The Balaban J connectivity index is 2.61. The quantitative estimate of drug-likeness (QED) is 0.795. The van der Waals surface area contributed by atoms with Crippen LogP contribution in [0.1, 0.15) is 38.7 Å². The minimum absolute atomic E-state index is 0.337. The Hall–Kier alpha value is -0.860. The van der Waals surface area contributed by atoms with E-state index in [0.717, 1.165) is 0 Å². The van der Waals surface area contributed by atoms with E-state index in [1.807, 2.05) is 32.0 Å². The zero-order valence-electron chi connectivity index (χ0n) is 9.77. The van der Waals surface area contributed by atoms with Crippen molar-refractivity contribution in [3.05, 3.63) is 35.9 Å². The molecule has 2 unspecified atom stereocenters. The van der Waals surface area contributed by atoms with Gasteiger partial charge in [-0.05, 0) is 31.7 Å². The number of aliphatic hydroxyl groups excluding tert-OH is 1. The van der Waals surface area contributed by atoms with Gasteiger partial charge in [0.05, 0.1) is 6.10 Å². The van der Waals surface area contributed by atoms with Gasteiger partial charge in [0, 0.05) is 5.54 Å². The molecule has 0 aliphatic heterocycles. The highest BCUT2D eigenvalue weighted by atomic mass is 16.3. The zero-order valence-corrected chi connectivity index (χ0v) is 9.77. The highest BCUT2D eigenvalue weighted by Crippen LogP contribution is 2.23. The zero-order chi connectivity index (χ0) is 11.5. The molecule has 3 N–H and O–H groups in total. The summed E-state index contributed by atoms with van der Waals surface area (Å²) in [5.74, 6) is 0.337. The van der Waals surface area contributed by atoms with Crippen LogP contribution >= 0.6 is 0 Å². The summed E-state index contributed by atoms with van der Waals surface area (Å²) in [6.45, 7) is 5.83. The van der Waals surface area contributed by atoms with Gasteiger partial charge in [0.2, 0.25) is 0 Å². The summed E-state index contributed by atoms with van der Waals surface area (Å²) in [6, 6.07) is 10.2. The number of benzene rings is 1. The van der Waals surface area contributed by atoms with E-state index in [2.05, 4.69) is 19.1 Å². The highest BCUT2D eigenvalue weighted by molar-refractivity contribution is 5.19. The van der Waals surface area contributed by atoms with Gasteiger partial charge in [-0.2, -0.15) is 0 Å². The van der Waals surface area contributed by atoms with Gasteiger partial charge in [0.25, 0.3) is 0 Å². The van der Waals surface area contributed by atoms with Crippen LogP contribution in [0.4, 0.5) is 0 Å². The van der Waals surface area contributed by atoms with Crippen LogP contribution in [0.3, 0.4) is 0 Å². The number of rotatable bonds is 4. The molecule has 2 heteroatoms. The molecule has 0 aliphatic rings. The van der Waals surface area contributed by atoms with Crippen LogP contribution in [-0.2, 0) is 0 Å². The Morgan fingerprint density at radius 1 is 1.27 bits per heavy atom. The molecule has 0 bridgehead atoms. The van der Waals surface area contributed by atoms with Crippen LogP contribution in [0.2, 0.25) is 0 Å². The maximum atomic E-state index is 9.89. The van der Waals surface area contributed by atoms with Gasteiger partial charge in [-0.1, -0.05) is 37.3 Å². The molecule has 15 heavy (non-hydrogen) atoms. The molecule has 1 rings (SSSR count). The van der Waals surface area contributed by atoms with E-state index < -0.39 is 11.6 Å². The van der Waals surface area contributed by atoms with Gasteiger partial charge in [0.15, 0.2) is 0 Å². The fourth-order valence-corrected chi connectivity index (χ4v) is 1.56. The minimum Gasteiger partial charge on any atom is -0.391 e. The first kappa shape index (κ1) is 12.2. The lowest BCUT2D eigenvalue weighted by Crippen LogP contribution is -2.45. The molecule has 1 aromatic carbocycles. The van der Waals surface area contributed by atoms with Gasteiger partial charge in [-0.15, -0.1) is 0 Å². The van der Waals surface area contributed by atoms with Crippen LogP contribution in [0.5, 0.6) is 0 Å². The van der Waals surface area contributed by atoms with E-state index in [-0.39, 0.29) is 0 Å². The number of hydrogen-bond donors (Lipinski definition) is 2. The summed E-state index contributed by atoms with van der Waals surface area (Å²) >= 11 is 0. The Kier molecular flexibility index (Phi) is 3.89. The SMILES string of the molecule is CC(CC(O)C(C)(C)N)c1ccccc1. The van der Waals surface area contributed by atoms with E-state index in [4.69, 9.17) is 5.73 Å². The smallest absolute Gasteiger partial charge is 0.0719 e. The van der Waals surface area contributed by atoms with Crippen molar-refractivity contribution >= 4 is 0 Å². The molecule has 0 saturated carbocycles. The highest BCUT2D eigenvalue weighted by Gasteiger charge is 2.24. The molecule has 2 atom stereocenters. The molecule has 1 aromatic rings. The Bertz CT molecular complexity index is 289. The molecular formula is C13H21NO.